The van der Waals surface area contributed by atoms with Gasteiger partial charge >= 0.3 is 0 Å². The van der Waals surface area contributed by atoms with Crippen LogP contribution in [0.2, 0.25) is 0 Å². The monoisotopic (exact) mass is 223 g/mol. The Hall–Kier alpha value is -1.13. The van der Waals surface area contributed by atoms with Crippen LogP contribution in [0.15, 0.2) is 24.3 Å². The van der Waals surface area contributed by atoms with Gasteiger partial charge < -0.3 is 10.7 Å². The van der Waals surface area contributed by atoms with Crippen LogP contribution in [0, 0.1) is 0 Å². The molecule has 1 aromatic carbocycles. The average molecular weight is 223 g/mol. The lowest BCUT2D eigenvalue weighted by molar-refractivity contribution is 0.590. The van der Waals surface area contributed by atoms with Gasteiger partial charge in [0.1, 0.15) is 0 Å². The number of nitrogens with two attached hydrogens (primary N) is 1. The van der Waals surface area contributed by atoms with Crippen LogP contribution >= 0.6 is 12.2 Å². The molecule has 0 fully saturated rings. The molecule has 4 N–H and O–H groups in total. The van der Waals surface area contributed by atoms with Crippen LogP contribution in [0.5, 0.6) is 0 Å². The van der Waals surface area contributed by atoms with Crippen LogP contribution < -0.4 is 16.6 Å². The SMILES string of the molecule is CC(C)(C)c1ccc(NC(=S)NN)cc1. The molecule has 0 aliphatic rings. The zero-order chi connectivity index (χ0) is 11.5. The van der Waals surface area contributed by atoms with Gasteiger partial charge in [0.2, 0.25) is 0 Å². The standard InChI is InChI=1S/C11H17N3S/c1-11(2,3)8-4-6-9(7-5-8)13-10(15)14-12/h4-7H,12H2,1-3H3,(H2,13,14,15). The average Bonchev–Trinajstić information content (AvgIpc) is 2.17. The molecule has 4 heteroatoms. The van der Waals surface area contributed by atoms with E-state index in [0.717, 1.165) is 5.69 Å². The second kappa shape index (κ2) is 4.59. The van der Waals surface area contributed by atoms with Gasteiger partial charge in [-0.2, -0.15) is 0 Å². The number of benzene rings is 1. The summed E-state index contributed by atoms with van der Waals surface area (Å²) in [5, 5.41) is 3.38. The highest BCUT2D eigenvalue weighted by atomic mass is 32.1. The van der Waals surface area contributed by atoms with Gasteiger partial charge in [-0.15, -0.1) is 0 Å². The molecule has 3 nitrogen and oxygen atoms in total. The van der Waals surface area contributed by atoms with Crippen LogP contribution in [0.4, 0.5) is 5.69 Å². The third-order valence-electron chi connectivity index (χ3n) is 2.14. The van der Waals surface area contributed by atoms with E-state index >= 15 is 0 Å². The molecule has 0 aliphatic heterocycles. The summed E-state index contributed by atoms with van der Waals surface area (Å²) in [4.78, 5) is 0. The summed E-state index contributed by atoms with van der Waals surface area (Å²) in [6, 6.07) is 8.15. The van der Waals surface area contributed by atoms with Crippen molar-refractivity contribution in [2.45, 2.75) is 26.2 Å². The molecule has 0 saturated carbocycles. The number of hydrogen-bond donors (Lipinski definition) is 3. The lowest BCUT2D eigenvalue weighted by Crippen LogP contribution is -2.34. The number of thiocarbonyl (C=S) groups is 1. The van der Waals surface area contributed by atoms with Crippen molar-refractivity contribution in [2.24, 2.45) is 5.84 Å². The molecule has 0 amide bonds. The lowest BCUT2D eigenvalue weighted by atomic mass is 9.87. The smallest absolute Gasteiger partial charge is 0.185 e. The van der Waals surface area contributed by atoms with E-state index in [-0.39, 0.29) is 5.41 Å². The first-order valence-corrected chi connectivity index (χ1v) is 5.22. The predicted octanol–water partition coefficient (Wildman–Crippen LogP) is 2.14. The maximum Gasteiger partial charge on any atom is 0.185 e. The fraction of sp³-hybridized carbons (Fsp3) is 0.364. The van der Waals surface area contributed by atoms with E-state index in [1.54, 1.807) is 0 Å². The van der Waals surface area contributed by atoms with Gasteiger partial charge in [0.15, 0.2) is 5.11 Å². The molecule has 15 heavy (non-hydrogen) atoms. The van der Waals surface area contributed by atoms with Gasteiger partial charge in [-0.05, 0) is 35.3 Å². The first-order valence-electron chi connectivity index (χ1n) is 4.81. The Morgan fingerprint density at radius 1 is 1.20 bits per heavy atom. The second-order valence-electron chi connectivity index (χ2n) is 4.43. The first-order chi connectivity index (χ1) is 6.93. The van der Waals surface area contributed by atoms with Crippen LogP contribution in [0.25, 0.3) is 0 Å². The quantitative estimate of drug-likeness (QED) is 0.388. The van der Waals surface area contributed by atoms with Crippen molar-refractivity contribution in [1.29, 1.82) is 0 Å². The van der Waals surface area contributed by atoms with Crippen molar-refractivity contribution in [3.8, 4) is 0 Å². The summed E-state index contributed by atoms with van der Waals surface area (Å²) in [6.45, 7) is 6.55. The van der Waals surface area contributed by atoms with Crippen molar-refractivity contribution in [1.82, 2.24) is 5.43 Å². The van der Waals surface area contributed by atoms with Gasteiger partial charge in [-0.25, -0.2) is 5.84 Å². The summed E-state index contributed by atoms with van der Waals surface area (Å²) < 4.78 is 0. The number of nitrogens with one attached hydrogen (secondary N) is 2. The number of hydrogen-bond acceptors (Lipinski definition) is 2. The molecule has 0 bridgehead atoms. The molecule has 0 heterocycles. The number of anilines is 1. The fourth-order valence-electron chi connectivity index (χ4n) is 1.22. The highest BCUT2D eigenvalue weighted by Gasteiger charge is 2.12. The summed E-state index contributed by atoms with van der Waals surface area (Å²) in [5.41, 5.74) is 4.78. The lowest BCUT2D eigenvalue weighted by Gasteiger charge is -2.19. The molecule has 1 rings (SSSR count). The third-order valence-corrected chi connectivity index (χ3v) is 2.36. The highest BCUT2D eigenvalue weighted by molar-refractivity contribution is 7.80. The minimum absolute atomic E-state index is 0.172. The minimum Gasteiger partial charge on any atom is -0.332 e. The van der Waals surface area contributed by atoms with Gasteiger partial charge in [0.25, 0.3) is 0 Å². The number of rotatable bonds is 1. The van der Waals surface area contributed by atoms with E-state index in [2.05, 4.69) is 43.6 Å². The van der Waals surface area contributed by atoms with Gasteiger partial charge in [-0.3, -0.25) is 0 Å². The van der Waals surface area contributed by atoms with E-state index in [4.69, 9.17) is 18.1 Å². The third kappa shape index (κ3) is 3.49. The zero-order valence-electron chi connectivity index (χ0n) is 9.29. The maximum absolute atomic E-state index is 5.17. The molecule has 1 aromatic rings. The Balaban J connectivity index is 2.77. The first kappa shape index (κ1) is 11.9. The second-order valence-corrected chi connectivity index (χ2v) is 4.83. The molecule has 0 unspecified atom stereocenters. The minimum atomic E-state index is 0.172. The van der Waals surface area contributed by atoms with Crippen LogP contribution in [-0.2, 0) is 5.41 Å². The molecule has 0 aromatic heterocycles. The van der Waals surface area contributed by atoms with E-state index in [9.17, 15) is 0 Å². The van der Waals surface area contributed by atoms with Crippen molar-refractivity contribution in [2.75, 3.05) is 5.32 Å². The Morgan fingerprint density at radius 3 is 2.13 bits per heavy atom. The highest BCUT2D eigenvalue weighted by Crippen LogP contribution is 2.23. The molecular weight excluding hydrogens is 206 g/mol. The Labute approximate surface area is 96.0 Å². The Bertz CT molecular complexity index is 338. The van der Waals surface area contributed by atoms with Gasteiger partial charge in [0.05, 0.1) is 0 Å². The predicted molar refractivity (Wildman–Crippen MR) is 68.7 cm³/mol. The summed E-state index contributed by atoms with van der Waals surface area (Å²) in [6.07, 6.45) is 0. The molecule has 0 spiro atoms. The van der Waals surface area contributed by atoms with Crippen molar-refractivity contribution >= 4 is 23.0 Å². The summed E-state index contributed by atoms with van der Waals surface area (Å²) in [5.74, 6) is 5.17. The molecule has 82 valence electrons. The maximum atomic E-state index is 5.17. The molecular formula is C11H17N3S. The molecule has 0 atom stereocenters. The summed E-state index contributed by atoms with van der Waals surface area (Å²) in [7, 11) is 0. The van der Waals surface area contributed by atoms with E-state index < -0.39 is 0 Å². The van der Waals surface area contributed by atoms with Crippen molar-refractivity contribution < 1.29 is 0 Å². The van der Waals surface area contributed by atoms with E-state index in [1.807, 2.05) is 12.1 Å². The molecule has 0 radical (unpaired) electrons. The fourth-order valence-corrected chi connectivity index (χ4v) is 1.34. The normalized spacial score (nSPS) is 10.9. The van der Waals surface area contributed by atoms with E-state index in [1.165, 1.54) is 5.56 Å². The van der Waals surface area contributed by atoms with Crippen LogP contribution in [0.1, 0.15) is 26.3 Å². The largest absolute Gasteiger partial charge is 0.332 e. The van der Waals surface area contributed by atoms with E-state index in [0.29, 0.717) is 5.11 Å². The zero-order valence-corrected chi connectivity index (χ0v) is 10.1. The van der Waals surface area contributed by atoms with Crippen molar-refractivity contribution in [3.63, 3.8) is 0 Å². The Morgan fingerprint density at radius 2 is 1.73 bits per heavy atom. The molecule has 0 saturated heterocycles. The topological polar surface area (TPSA) is 50.1 Å². The Kier molecular flexibility index (Phi) is 3.66. The van der Waals surface area contributed by atoms with Gasteiger partial charge in [-0.1, -0.05) is 32.9 Å². The summed E-state index contributed by atoms with van der Waals surface area (Å²) >= 11 is 4.90. The van der Waals surface area contributed by atoms with Crippen molar-refractivity contribution in [3.05, 3.63) is 29.8 Å². The molecule has 0 aliphatic carbocycles. The van der Waals surface area contributed by atoms with Gasteiger partial charge in [0, 0.05) is 5.69 Å². The van der Waals surface area contributed by atoms with Crippen LogP contribution in [0.3, 0.4) is 0 Å². The number of hydrazine groups is 1. The van der Waals surface area contributed by atoms with Crippen LogP contribution in [-0.4, -0.2) is 5.11 Å².